The number of unbranched alkanes of at least 4 members (excludes halogenated alkanes) is 1. The molecule has 1 aliphatic heterocycles. The fourth-order valence-corrected chi connectivity index (χ4v) is 4.78. The van der Waals surface area contributed by atoms with Crippen molar-refractivity contribution < 1.29 is 19.1 Å². The lowest BCUT2D eigenvalue weighted by molar-refractivity contribution is -0.122. The van der Waals surface area contributed by atoms with Crippen molar-refractivity contribution in [3.8, 4) is 11.5 Å². The lowest BCUT2D eigenvalue weighted by Gasteiger charge is -2.14. The summed E-state index contributed by atoms with van der Waals surface area (Å²) in [4.78, 5) is 27.1. The molecule has 0 aromatic heterocycles. The monoisotopic (exact) mass is 524 g/mol. The summed E-state index contributed by atoms with van der Waals surface area (Å²) >= 11 is 19.1. The zero-order valence-corrected chi connectivity index (χ0v) is 21.2. The van der Waals surface area contributed by atoms with Crippen LogP contribution in [-0.2, 0) is 9.59 Å². The van der Waals surface area contributed by atoms with Gasteiger partial charge in [0, 0.05) is 6.54 Å². The summed E-state index contributed by atoms with van der Waals surface area (Å²) in [6, 6.07) is 10.2. The molecule has 0 aliphatic carbocycles. The number of carbonyl (C=O) groups excluding carboxylic acids is 2. The zero-order valence-electron chi connectivity index (χ0n) is 18.0. The number of ether oxygens (including phenoxy) is 2. The van der Waals surface area contributed by atoms with E-state index < -0.39 is 5.91 Å². The van der Waals surface area contributed by atoms with Gasteiger partial charge in [-0.2, -0.15) is 0 Å². The molecule has 0 radical (unpaired) electrons. The number of para-hydroxylation sites is 1. The van der Waals surface area contributed by atoms with E-state index in [9.17, 15) is 9.59 Å². The Labute approximate surface area is 212 Å². The third-order valence-corrected chi connectivity index (χ3v) is 6.64. The van der Waals surface area contributed by atoms with E-state index in [1.54, 1.807) is 47.4 Å². The zero-order chi connectivity index (χ0) is 24.0. The second-order valence-corrected chi connectivity index (χ2v) is 9.53. The minimum Gasteiger partial charge on any atom is -0.493 e. The average molecular weight is 525 g/mol. The summed E-state index contributed by atoms with van der Waals surface area (Å²) < 4.78 is 11.6. The number of hydrogen-bond acceptors (Lipinski definition) is 6. The van der Waals surface area contributed by atoms with Gasteiger partial charge >= 0.3 is 0 Å². The SMILES string of the molecule is CCCCN1C(=O)/C(=C/c2cc(Cl)c(OCC(=O)Nc3ccccc3Cl)c(OC)c2)SC1=S. The molecular weight excluding hydrogens is 503 g/mol. The molecule has 2 amide bonds. The molecule has 0 saturated carbocycles. The summed E-state index contributed by atoms with van der Waals surface area (Å²) in [5, 5.41) is 3.34. The number of carbonyl (C=O) groups is 2. The van der Waals surface area contributed by atoms with Crippen LogP contribution >= 0.6 is 47.2 Å². The first-order valence-electron chi connectivity index (χ1n) is 10.1. The van der Waals surface area contributed by atoms with Crippen LogP contribution in [0.4, 0.5) is 5.69 Å². The van der Waals surface area contributed by atoms with Crippen molar-refractivity contribution >= 4 is 75.1 Å². The van der Waals surface area contributed by atoms with Gasteiger partial charge in [0.25, 0.3) is 11.8 Å². The normalized spacial score (nSPS) is 14.7. The van der Waals surface area contributed by atoms with Gasteiger partial charge in [0.05, 0.1) is 27.7 Å². The molecule has 0 bridgehead atoms. The van der Waals surface area contributed by atoms with Crippen molar-refractivity contribution in [2.24, 2.45) is 0 Å². The average Bonchev–Trinajstić information content (AvgIpc) is 3.05. The molecule has 33 heavy (non-hydrogen) atoms. The van der Waals surface area contributed by atoms with E-state index in [-0.39, 0.29) is 23.3 Å². The van der Waals surface area contributed by atoms with Crippen LogP contribution in [0.1, 0.15) is 25.3 Å². The minimum absolute atomic E-state index is 0.120. The van der Waals surface area contributed by atoms with Gasteiger partial charge in [-0.15, -0.1) is 0 Å². The molecule has 2 aromatic rings. The highest BCUT2D eigenvalue weighted by Crippen LogP contribution is 2.39. The Balaban J connectivity index is 1.73. The fraction of sp³-hybridized carbons (Fsp3) is 0.261. The lowest BCUT2D eigenvalue weighted by atomic mass is 10.1. The topological polar surface area (TPSA) is 67.9 Å². The van der Waals surface area contributed by atoms with Crippen LogP contribution in [0.5, 0.6) is 11.5 Å². The molecule has 1 aliphatic rings. The van der Waals surface area contributed by atoms with E-state index in [1.165, 1.54) is 18.9 Å². The van der Waals surface area contributed by atoms with Crippen molar-refractivity contribution in [2.45, 2.75) is 19.8 Å². The number of anilines is 1. The van der Waals surface area contributed by atoms with Gasteiger partial charge in [-0.1, -0.05) is 72.7 Å². The van der Waals surface area contributed by atoms with Gasteiger partial charge in [0.15, 0.2) is 18.1 Å². The Kier molecular flexibility index (Phi) is 9.02. The number of methoxy groups -OCH3 is 1. The molecule has 1 saturated heterocycles. The number of nitrogens with zero attached hydrogens (tertiary/aromatic N) is 1. The van der Waals surface area contributed by atoms with Gasteiger partial charge in [-0.3, -0.25) is 14.5 Å². The van der Waals surface area contributed by atoms with Crippen LogP contribution in [0.15, 0.2) is 41.3 Å². The summed E-state index contributed by atoms with van der Waals surface area (Å²) in [6.07, 6.45) is 3.57. The quantitative estimate of drug-likeness (QED) is 0.319. The summed E-state index contributed by atoms with van der Waals surface area (Å²) in [6.45, 7) is 2.37. The summed E-state index contributed by atoms with van der Waals surface area (Å²) in [7, 11) is 1.47. The molecule has 1 N–H and O–H groups in total. The van der Waals surface area contributed by atoms with Crippen LogP contribution < -0.4 is 14.8 Å². The van der Waals surface area contributed by atoms with Crippen LogP contribution in [0, 0.1) is 0 Å². The van der Waals surface area contributed by atoms with Crippen LogP contribution in [-0.4, -0.2) is 41.3 Å². The van der Waals surface area contributed by atoms with E-state index in [0.29, 0.717) is 37.8 Å². The predicted molar refractivity (Wildman–Crippen MR) is 138 cm³/mol. The molecule has 2 aromatic carbocycles. The van der Waals surface area contributed by atoms with Crippen molar-refractivity contribution in [1.82, 2.24) is 4.90 Å². The van der Waals surface area contributed by atoms with Gasteiger partial charge in [0.2, 0.25) is 0 Å². The molecule has 1 heterocycles. The van der Waals surface area contributed by atoms with Crippen LogP contribution in [0.25, 0.3) is 6.08 Å². The molecule has 10 heteroatoms. The first-order valence-corrected chi connectivity index (χ1v) is 12.1. The second-order valence-electron chi connectivity index (χ2n) is 7.04. The Morgan fingerprint density at radius 1 is 1.24 bits per heavy atom. The Morgan fingerprint density at radius 3 is 2.70 bits per heavy atom. The van der Waals surface area contributed by atoms with E-state index in [0.717, 1.165) is 12.8 Å². The number of halogens is 2. The number of hydrogen-bond donors (Lipinski definition) is 1. The number of thioether (sulfide) groups is 1. The molecule has 6 nitrogen and oxygen atoms in total. The first-order chi connectivity index (χ1) is 15.8. The Hall–Kier alpha value is -2.26. The number of thiocarbonyl (C=S) groups is 1. The second kappa shape index (κ2) is 11.7. The molecule has 3 rings (SSSR count). The predicted octanol–water partition coefficient (Wildman–Crippen LogP) is 6.02. The highest BCUT2D eigenvalue weighted by Gasteiger charge is 2.31. The molecular formula is C23H22Cl2N2O4S2. The van der Waals surface area contributed by atoms with Gasteiger partial charge in [-0.05, 0) is 42.3 Å². The van der Waals surface area contributed by atoms with E-state index >= 15 is 0 Å². The standard InChI is InChI=1S/C23H22Cl2N2O4S2/c1-3-4-9-27-22(29)19(33-23(27)32)12-14-10-16(25)21(18(11-14)30-2)31-13-20(28)26-17-8-6-5-7-15(17)24/h5-8,10-12H,3-4,9,13H2,1-2H3,(H,26,28)/b19-12-. The van der Waals surface area contributed by atoms with Crippen molar-refractivity contribution in [3.05, 3.63) is 56.9 Å². The first kappa shape index (κ1) is 25.4. The largest absolute Gasteiger partial charge is 0.493 e. The third kappa shape index (κ3) is 6.41. The molecule has 0 spiro atoms. The molecule has 1 fully saturated rings. The minimum atomic E-state index is -0.402. The lowest BCUT2D eigenvalue weighted by Crippen LogP contribution is -2.28. The van der Waals surface area contributed by atoms with Gasteiger partial charge < -0.3 is 14.8 Å². The molecule has 0 unspecified atom stereocenters. The van der Waals surface area contributed by atoms with Gasteiger partial charge in [0.1, 0.15) is 4.32 Å². The maximum absolute atomic E-state index is 12.7. The van der Waals surface area contributed by atoms with Crippen LogP contribution in [0.3, 0.4) is 0 Å². The van der Waals surface area contributed by atoms with E-state index in [2.05, 4.69) is 12.2 Å². The number of benzene rings is 2. The van der Waals surface area contributed by atoms with Crippen LogP contribution in [0.2, 0.25) is 10.0 Å². The summed E-state index contributed by atoms with van der Waals surface area (Å²) in [5.74, 6) is 0.0352. The van der Waals surface area contributed by atoms with E-state index in [1.807, 2.05) is 0 Å². The highest BCUT2D eigenvalue weighted by atomic mass is 35.5. The third-order valence-electron chi connectivity index (χ3n) is 4.65. The molecule has 0 atom stereocenters. The Morgan fingerprint density at radius 2 is 2.00 bits per heavy atom. The number of nitrogens with one attached hydrogen (secondary N) is 1. The van der Waals surface area contributed by atoms with Gasteiger partial charge in [-0.25, -0.2) is 0 Å². The van der Waals surface area contributed by atoms with E-state index in [4.69, 9.17) is 44.9 Å². The van der Waals surface area contributed by atoms with Crippen molar-refractivity contribution in [3.63, 3.8) is 0 Å². The maximum atomic E-state index is 12.7. The smallest absolute Gasteiger partial charge is 0.266 e. The number of rotatable bonds is 9. The molecule has 174 valence electrons. The Bertz CT molecular complexity index is 1110. The van der Waals surface area contributed by atoms with Crippen molar-refractivity contribution in [1.29, 1.82) is 0 Å². The summed E-state index contributed by atoms with van der Waals surface area (Å²) in [5.41, 5.74) is 1.14. The highest BCUT2D eigenvalue weighted by molar-refractivity contribution is 8.26. The maximum Gasteiger partial charge on any atom is 0.266 e. The van der Waals surface area contributed by atoms with Crippen molar-refractivity contribution in [2.75, 3.05) is 25.6 Å². The fourth-order valence-electron chi connectivity index (χ4n) is 3.01. The number of amides is 2.